The first-order valence-electron chi connectivity index (χ1n) is 4.88. The van der Waals surface area contributed by atoms with Crippen LogP contribution in [0.25, 0.3) is 0 Å². The number of nitrogens with one attached hydrogen (secondary N) is 1. The van der Waals surface area contributed by atoms with Crippen LogP contribution in [0, 0.1) is 0 Å². The largest absolute Gasteiger partial charge is 0.357 e. The minimum atomic E-state index is 0.644. The molecule has 3 nitrogen and oxygen atoms in total. The summed E-state index contributed by atoms with van der Waals surface area (Å²) in [7, 11) is 2.01. The van der Waals surface area contributed by atoms with E-state index in [4.69, 9.17) is 11.6 Å². The average molecular weight is 293 g/mol. The van der Waals surface area contributed by atoms with Crippen molar-refractivity contribution in [1.82, 2.24) is 10.3 Å². The number of halogens is 2. The third-order valence-corrected chi connectivity index (χ3v) is 2.81. The lowest BCUT2D eigenvalue weighted by molar-refractivity contribution is 0.702. The van der Waals surface area contributed by atoms with Gasteiger partial charge in [-0.15, -0.1) is 0 Å². The molecule has 0 saturated carbocycles. The first-order valence-corrected chi connectivity index (χ1v) is 6.05. The monoisotopic (exact) mass is 291 g/mol. The first-order chi connectivity index (χ1) is 7.15. The minimum Gasteiger partial charge on any atom is -0.357 e. The van der Waals surface area contributed by atoms with E-state index in [2.05, 4.69) is 38.1 Å². The molecular weight excluding hydrogens is 277 g/mol. The van der Waals surface area contributed by atoms with Crippen LogP contribution in [0.4, 0.5) is 5.82 Å². The fraction of sp³-hybridized carbons (Fsp3) is 0.500. The van der Waals surface area contributed by atoms with Crippen molar-refractivity contribution in [3.63, 3.8) is 0 Å². The quantitative estimate of drug-likeness (QED) is 0.846. The summed E-state index contributed by atoms with van der Waals surface area (Å²) < 4.78 is 0.925. The SMILES string of the molecule is CCNCCN(C)c1ncc(Cl)cc1Br. The number of hydrogen-bond acceptors (Lipinski definition) is 3. The van der Waals surface area contributed by atoms with Crippen molar-refractivity contribution in [2.45, 2.75) is 6.92 Å². The molecule has 1 rings (SSSR count). The maximum Gasteiger partial charge on any atom is 0.142 e. The van der Waals surface area contributed by atoms with E-state index < -0.39 is 0 Å². The van der Waals surface area contributed by atoms with Gasteiger partial charge in [0.25, 0.3) is 0 Å². The summed E-state index contributed by atoms with van der Waals surface area (Å²) in [6.45, 7) is 4.95. The molecule has 0 fully saturated rings. The van der Waals surface area contributed by atoms with Crippen molar-refractivity contribution in [1.29, 1.82) is 0 Å². The minimum absolute atomic E-state index is 0.644. The standard InChI is InChI=1S/C10H15BrClN3/c1-3-13-4-5-15(2)10-9(11)6-8(12)7-14-10/h6-7,13H,3-5H2,1-2H3. The molecule has 0 aliphatic rings. The molecule has 1 heterocycles. The lowest BCUT2D eigenvalue weighted by Crippen LogP contribution is -2.29. The summed E-state index contributed by atoms with van der Waals surface area (Å²) in [6.07, 6.45) is 1.66. The summed E-state index contributed by atoms with van der Waals surface area (Å²) in [4.78, 5) is 6.36. The molecule has 1 aromatic rings. The molecule has 0 amide bonds. The highest BCUT2D eigenvalue weighted by Gasteiger charge is 2.07. The van der Waals surface area contributed by atoms with E-state index in [0.717, 1.165) is 29.9 Å². The molecule has 0 aliphatic heterocycles. The van der Waals surface area contributed by atoms with Crippen molar-refractivity contribution < 1.29 is 0 Å². The van der Waals surface area contributed by atoms with E-state index in [-0.39, 0.29) is 0 Å². The maximum absolute atomic E-state index is 5.83. The van der Waals surface area contributed by atoms with Crippen LogP contribution < -0.4 is 10.2 Å². The highest BCUT2D eigenvalue weighted by atomic mass is 79.9. The van der Waals surface area contributed by atoms with Gasteiger partial charge in [0.2, 0.25) is 0 Å². The van der Waals surface area contributed by atoms with Crippen LogP contribution in [0.3, 0.4) is 0 Å². The Hall–Kier alpha value is -0.320. The smallest absolute Gasteiger partial charge is 0.142 e. The van der Waals surface area contributed by atoms with Gasteiger partial charge in [0.1, 0.15) is 5.82 Å². The maximum atomic E-state index is 5.83. The number of pyridine rings is 1. The molecule has 0 unspecified atom stereocenters. The Labute approximate surface area is 104 Å². The first kappa shape index (κ1) is 12.7. The van der Waals surface area contributed by atoms with Gasteiger partial charge in [0.05, 0.1) is 9.50 Å². The zero-order chi connectivity index (χ0) is 11.3. The van der Waals surface area contributed by atoms with Crippen molar-refractivity contribution in [2.24, 2.45) is 0 Å². The van der Waals surface area contributed by atoms with Crippen LogP contribution >= 0.6 is 27.5 Å². The molecule has 1 aromatic heterocycles. The van der Waals surface area contributed by atoms with Crippen LogP contribution in [-0.2, 0) is 0 Å². The van der Waals surface area contributed by atoms with Gasteiger partial charge in [-0.05, 0) is 28.5 Å². The zero-order valence-corrected chi connectivity index (χ0v) is 11.3. The van der Waals surface area contributed by atoms with Crippen LogP contribution in [0.15, 0.2) is 16.7 Å². The molecular formula is C10H15BrClN3. The van der Waals surface area contributed by atoms with Gasteiger partial charge in [-0.2, -0.15) is 0 Å². The Morgan fingerprint density at radius 1 is 1.60 bits per heavy atom. The van der Waals surface area contributed by atoms with Crippen molar-refractivity contribution in [3.05, 3.63) is 21.8 Å². The zero-order valence-electron chi connectivity index (χ0n) is 8.93. The molecule has 0 spiro atoms. The summed E-state index contributed by atoms with van der Waals surface area (Å²) in [5.74, 6) is 0.914. The number of rotatable bonds is 5. The average Bonchev–Trinajstić information content (AvgIpc) is 2.17. The van der Waals surface area contributed by atoms with E-state index in [1.807, 2.05) is 13.1 Å². The third-order valence-electron chi connectivity index (χ3n) is 2.02. The molecule has 0 radical (unpaired) electrons. The van der Waals surface area contributed by atoms with Gasteiger partial charge in [-0.25, -0.2) is 4.98 Å². The van der Waals surface area contributed by atoms with Crippen molar-refractivity contribution in [3.8, 4) is 0 Å². The molecule has 0 aliphatic carbocycles. The van der Waals surface area contributed by atoms with E-state index >= 15 is 0 Å². The normalized spacial score (nSPS) is 10.4. The molecule has 0 saturated heterocycles. The van der Waals surface area contributed by atoms with Gasteiger partial charge in [-0.3, -0.25) is 0 Å². The Morgan fingerprint density at radius 3 is 2.93 bits per heavy atom. The van der Waals surface area contributed by atoms with Crippen molar-refractivity contribution >= 4 is 33.3 Å². The predicted octanol–water partition coefficient (Wildman–Crippen LogP) is 2.54. The molecule has 1 N–H and O–H groups in total. The van der Waals surface area contributed by atoms with Crippen LogP contribution in [0.2, 0.25) is 5.02 Å². The van der Waals surface area contributed by atoms with Crippen LogP contribution in [0.1, 0.15) is 6.92 Å². The second kappa shape index (κ2) is 6.30. The van der Waals surface area contributed by atoms with E-state index in [1.54, 1.807) is 6.20 Å². The number of aromatic nitrogens is 1. The molecule has 0 atom stereocenters. The second-order valence-electron chi connectivity index (χ2n) is 3.23. The van der Waals surface area contributed by atoms with Crippen molar-refractivity contribution in [2.75, 3.05) is 31.6 Å². The highest BCUT2D eigenvalue weighted by Crippen LogP contribution is 2.25. The van der Waals surface area contributed by atoms with E-state index in [1.165, 1.54) is 0 Å². The van der Waals surface area contributed by atoms with Gasteiger partial charge >= 0.3 is 0 Å². The fourth-order valence-corrected chi connectivity index (χ4v) is 2.16. The Bertz CT molecular complexity index is 320. The Kier molecular flexibility index (Phi) is 5.36. The third kappa shape index (κ3) is 3.97. The highest BCUT2D eigenvalue weighted by molar-refractivity contribution is 9.10. The fourth-order valence-electron chi connectivity index (χ4n) is 1.22. The topological polar surface area (TPSA) is 28.2 Å². The molecule has 15 heavy (non-hydrogen) atoms. The Balaban J connectivity index is 2.61. The summed E-state index contributed by atoms with van der Waals surface area (Å²) >= 11 is 9.27. The van der Waals surface area contributed by atoms with E-state index in [0.29, 0.717) is 5.02 Å². The van der Waals surface area contributed by atoms with E-state index in [9.17, 15) is 0 Å². The molecule has 84 valence electrons. The van der Waals surface area contributed by atoms with Crippen LogP contribution in [-0.4, -0.2) is 31.7 Å². The van der Waals surface area contributed by atoms with Crippen LogP contribution in [0.5, 0.6) is 0 Å². The molecule has 0 bridgehead atoms. The summed E-state index contributed by atoms with van der Waals surface area (Å²) in [5, 5.41) is 3.91. The predicted molar refractivity (Wildman–Crippen MR) is 68.8 cm³/mol. The molecule has 5 heteroatoms. The van der Waals surface area contributed by atoms with Gasteiger partial charge in [0, 0.05) is 26.3 Å². The van der Waals surface area contributed by atoms with Gasteiger partial charge < -0.3 is 10.2 Å². The lowest BCUT2D eigenvalue weighted by atomic mass is 10.4. The van der Waals surface area contributed by atoms with Gasteiger partial charge in [-0.1, -0.05) is 18.5 Å². The lowest BCUT2D eigenvalue weighted by Gasteiger charge is -2.19. The molecule has 0 aromatic carbocycles. The summed E-state index contributed by atoms with van der Waals surface area (Å²) in [5.41, 5.74) is 0. The number of likely N-dealkylation sites (N-methyl/N-ethyl adjacent to an activating group) is 2. The summed E-state index contributed by atoms with van der Waals surface area (Å²) in [6, 6.07) is 1.85. The Morgan fingerprint density at radius 2 is 2.33 bits per heavy atom. The second-order valence-corrected chi connectivity index (χ2v) is 4.52. The number of nitrogens with zero attached hydrogens (tertiary/aromatic N) is 2. The number of hydrogen-bond donors (Lipinski definition) is 1. The van der Waals surface area contributed by atoms with Gasteiger partial charge in [0.15, 0.2) is 0 Å². The number of anilines is 1.